The van der Waals surface area contributed by atoms with Gasteiger partial charge in [-0.15, -0.1) is 0 Å². The van der Waals surface area contributed by atoms with E-state index in [1.807, 2.05) is 66.7 Å². The van der Waals surface area contributed by atoms with Crippen molar-refractivity contribution in [1.82, 2.24) is 20.9 Å². The first-order valence-electron chi connectivity index (χ1n) is 15.2. The van der Waals surface area contributed by atoms with Crippen molar-refractivity contribution in [3.63, 3.8) is 0 Å². The Labute approximate surface area is 264 Å². The van der Waals surface area contributed by atoms with E-state index in [1.54, 1.807) is 0 Å². The average molecular weight is 615 g/mol. The molecule has 10 heteroatoms. The molecule has 0 bridgehead atoms. The molecular weight excluding hydrogens is 584 g/mol. The molecule has 4 aromatic rings. The topological polar surface area (TPSA) is 142 Å². The number of hydrogen-bond donors (Lipinski definition) is 3. The van der Waals surface area contributed by atoms with Gasteiger partial charge in [-0.2, -0.15) is 0 Å². The zero-order valence-electron chi connectivity index (χ0n) is 24.8. The molecule has 1 saturated heterocycles. The normalized spacial score (nSPS) is 18.3. The molecule has 46 heavy (non-hydrogen) atoms. The van der Waals surface area contributed by atoms with Crippen LogP contribution in [0.25, 0.3) is 10.8 Å². The molecule has 2 aliphatic heterocycles. The second-order valence-electron chi connectivity index (χ2n) is 12.0. The standard InChI is InChI=1S/C36H30N4O6/c41-30-15-14-29(33(44)38-30)40-34(45)27-13-10-24(18-28(27)35(40)46)32(43)39-36(16-17-36)25-11-8-21(9-12-25)20-37-31(42)19-23-6-3-5-22-4-1-2-7-26(22)23/h1-13,18,29H,14-17,19-20H2,(H,37,42)(H,39,43)(H,38,41,44). The highest BCUT2D eigenvalue weighted by Gasteiger charge is 2.47. The Balaban J connectivity index is 0.981. The number of carbonyl (C=O) groups is 6. The van der Waals surface area contributed by atoms with Crippen LogP contribution < -0.4 is 16.0 Å². The van der Waals surface area contributed by atoms with Gasteiger partial charge in [0.05, 0.1) is 23.1 Å². The molecule has 230 valence electrons. The molecule has 10 nitrogen and oxygen atoms in total. The van der Waals surface area contributed by atoms with Gasteiger partial charge < -0.3 is 10.6 Å². The van der Waals surface area contributed by atoms with Crippen molar-refractivity contribution in [2.24, 2.45) is 0 Å². The van der Waals surface area contributed by atoms with Crippen LogP contribution in [-0.2, 0) is 32.9 Å². The van der Waals surface area contributed by atoms with E-state index >= 15 is 0 Å². The summed E-state index contributed by atoms with van der Waals surface area (Å²) in [5, 5.41) is 10.4. The molecule has 0 radical (unpaired) electrons. The van der Waals surface area contributed by atoms with Crippen LogP contribution in [0.5, 0.6) is 0 Å². The van der Waals surface area contributed by atoms with E-state index in [2.05, 4.69) is 16.0 Å². The highest BCUT2D eigenvalue weighted by atomic mass is 16.2. The lowest BCUT2D eigenvalue weighted by molar-refractivity contribution is -0.136. The van der Waals surface area contributed by atoms with Crippen molar-refractivity contribution in [3.05, 3.63) is 118 Å². The molecule has 1 unspecified atom stereocenters. The second kappa shape index (κ2) is 11.4. The van der Waals surface area contributed by atoms with Gasteiger partial charge in [-0.05, 0) is 64.9 Å². The molecule has 7 rings (SSSR count). The van der Waals surface area contributed by atoms with Gasteiger partial charge in [-0.25, -0.2) is 0 Å². The first-order valence-corrected chi connectivity index (χ1v) is 15.2. The zero-order chi connectivity index (χ0) is 32.0. The van der Waals surface area contributed by atoms with E-state index in [0.29, 0.717) is 6.54 Å². The Kier molecular flexibility index (Phi) is 7.19. The Morgan fingerprint density at radius 2 is 1.59 bits per heavy atom. The molecule has 2 fully saturated rings. The fraction of sp³-hybridized carbons (Fsp3) is 0.222. The number of hydrogen-bond acceptors (Lipinski definition) is 6. The van der Waals surface area contributed by atoms with E-state index < -0.39 is 35.2 Å². The summed E-state index contributed by atoms with van der Waals surface area (Å²) in [6.07, 6.45) is 1.85. The van der Waals surface area contributed by atoms with E-state index in [9.17, 15) is 28.8 Å². The maximum atomic E-state index is 13.3. The highest BCUT2D eigenvalue weighted by molar-refractivity contribution is 6.24. The van der Waals surface area contributed by atoms with Gasteiger partial charge in [0, 0.05) is 18.5 Å². The highest BCUT2D eigenvalue weighted by Crippen LogP contribution is 2.45. The smallest absolute Gasteiger partial charge is 0.262 e. The largest absolute Gasteiger partial charge is 0.352 e. The number of nitrogens with one attached hydrogen (secondary N) is 3. The molecule has 2 heterocycles. The molecule has 1 atom stereocenters. The Hall–Kier alpha value is -5.64. The maximum Gasteiger partial charge on any atom is 0.262 e. The quantitative estimate of drug-likeness (QED) is 0.260. The number of amides is 6. The van der Waals surface area contributed by atoms with Crippen molar-refractivity contribution in [1.29, 1.82) is 0 Å². The number of carbonyl (C=O) groups excluding carboxylic acids is 6. The summed E-state index contributed by atoms with van der Waals surface area (Å²) in [6.45, 7) is 0.376. The maximum absolute atomic E-state index is 13.3. The van der Waals surface area contributed by atoms with Crippen LogP contribution in [0, 0.1) is 0 Å². The lowest BCUT2D eigenvalue weighted by atomic mass is 10.0. The number of piperidine rings is 1. The Morgan fingerprint density at radius 3 is 2.35 bits per heavy atom. The number of rotatable bonds is 8. The third-order valence-electron chi connectivity index (χ3n) is 9.03. The number of nitrogens with zero attached hydrogens (tertiary/aromatic N) is 1. The number of fused-ring (bicyclic) bond motifs is 2. The van der Waals surface area contributed by atoms with E-state index in [-0.39, 0.29) is 47.8 Å². The lowest BCUT2D eigenvalue weighted by Crippen LogP contribution is -2.54. The predicted molar refractivity (Wildman–Crippen MR) is 167 cm³/mol. The molecule has 1 aliphatic carbocycles. The van der Waals surface area contributed by atoms with Crippen molar-refractivity contribution in [2.75, 3.05) is 0 Å². The molecule has 3 aliphatic rings. The summed E-state index contributed by atoms with van der Waals surface area (Å²) < 4.78 is 0. The summed E-state index contributed by atoms with van der Waals surface area (Å²) in [6, 6.07) is 24.9. The van der Waals surface area contributed by atoms with Crippen LogP contribution >= 0.6 is 0 Å². The minimum atomic E-state index is -1.07. The molecule has 0 aromatic heterocycles. The predicted octanol–water partition coefficient (Wildman–Crippen LogP) is 3.52. The van der Waals surface area contributed by atoms with Gasteiger partial charge in [0.1, 0.15) is 6.04 Å². The van der Waals surface area contributed by atoms with Crippen molar-refractivity contribution in [3.8, 4) is 0 Å². The third-order valence-corrected chi connectivity index (χ3v) is 9.03. The van der Waals surface area contributed by atoms with Crippen LogP contribution in [0.4, 0.5) is 0 Å². The van der Waals surface area contributed by atoms with Gasteiger partial charge in [0.2, 0.25) is 17.7 Å². The van der Waals surface area contributed by atoms with Crippen molar-refractivity contribution < 1.29 is 28.8 Å². The summed E-state index contributed by atoms with van der Waals surface area (Å²) >= 11 is 0. The van der Waals surface area contributed by atoms with E-state index in [0.717, 1.165) is 45.2 Å². The summed E-state index contributed by atoms with van der Waals surface area (Å²) in [4.78, 5) is 77.0. The fourth-order valence-corrected chi connectivity index (χ4v) is 6.34. The van der Waals surface area contributed by atoms with Crippen LogP contribution in [0.3, 0.4) is 0 Å². The minimum absolute atomic E-state index is 0.0288. The monoisotopic (exact) mass is 614 g/mol. The summed E-state index contributed by atoms with van der Waals surface area (Å²) in [5.41, 5.74) is 2.68. The SMILES string of the molecule is O=C(Cc1cccc2ccccc12)NCc1ccc(C2(NC(=O)c3ccc4c(c3)C(=O)N(C3CCC(=O)NC3=O)C4=O)CC2)cc1. The number of imide groups is 2. The van der Waals surface area contributed by atoms with Crippen molar-refractivity contribution in [2.45, 2.75) is 50.2 Å². The molecule has 1 saturated carbocycles. The van der Waals surface area contributed by atoms with Crippen LogP contribution in [0.1, 0.15) is 73.4 Å². The van der Waals surface area contributed by atoms with Crippen LogP contribution in [-0.4, -0.2) is 46.4 Å². The molecule has 0 spiro atoms. The Morgan fingerprint density at radius 1 is 0.848 bits per heavy atom. The average Bonchev–Trinajstić information content (AvgIpc) is 3.80. The van der Waals surface area contributed by atoms with Gasteiger partial charge in [-0.3, -0.25) is 39.0 Å². The summed E-state index contributed by atoms with van der Waals surface area (Å²) in [5.74, 6) is -2.87. The first kappa shape index (κ1) is 29.1. The summed E-state index contributed by atoms with van der Waals surface area (Å²) in [7, 11) is 0. The third kappa shape index (κ3) is 5.32. The molecule has 6 amide bonds. The first-order chi connectivity index (χ1) is 22.2. The molecule has 3 N–H and O–H groups in total. The van der Waals surface area contributed by atoms with Crippen molar-refractivity contribution >= 4 is 46.2 Å². The molecular formula is C36H30N4O6. The van der Waals surface area contributed by atoms with E-state index in [4.69, 9.17) is 0 Å². The van der Waals surface area contributed by atoms with Gasteiger partial charge in [0.15, 0.2) is 0 Å². The van der Waals surface area contributed by atoms with Gasteiger partial charge in [0.25, 0.3) is 17.7 Å². The van der Waals surface area contributed by atoms with Gasteiger partial charge in [-0.1, -0.05) is 66.7 Å². The van der Waals surface area contributed by atoms with Crippen LogP contribution in [0.15, 0.2) is 84.9 Å². The Bertz CT molecular complexity index is 1960. The van der Waals surface area contributed by atoms with Crippen LogP contribution in [0.2, 0.25) is 0 Å². The van der Waals surface area contributed by atoms with E-state index in [1.165, 1.54) is 18.2 Å². The minimum Gasteiger partial charge on any atom is -0.352 e. The zero-order valence-corrected chi connectivity index (χ0v) is 24.8. The van der Waals surface area contributed by atoms with Gasteiger partial charge >= 0.3 is 0 Å². The second-order valence-corrected chi connectivity index (χ2v) is 12.0. The lowest BCUT2D eigenvalue weighted by Gasteiger charge is -2.27. The fourth-order valence-electron chi connectivity index (χ4n) is 6.34. The molecule has 4 aromatic carbocycles. The number of benzene rings is 4.